The van der Waals surface area contributed by atoms with Crippen molar-refractivity contribution in [2.45, 2.75) is 188 Å². The number of carbonyl (C=O) groups is 4. The van der Waals surface area contributed by atoms with Crippen LogP contribution in [-0.4, -0.2) is 47.8 Å². The fraction of sp³-hybridized carbons (Fsp3) is 0.900. The van der Waals surface area contributed by atoms with Crippen LogP contribution in [0.1, 0.15) is 188 Å². The van der Waals surface area contributed by atoms with E-state index in [-0.39, 0.29) is 23.9 Å². The first-order chi connectivity index (χ1) is 21.7. The molecule has 0 aromatic carbocycles. The number of carbonyl (C=O) groups excluding carboxylic acids is 4. The van der Waals surface area contributed by atoms with Crippen molar-refractivity contribution >= 4 is 47.8 Å². The Balaban J connectivity index is -0.000000174. The Labute approximate surface area is 319 Å². The molecule has 0 radical (unpaired) electrons. The van der Waals surface area contributed by atoms with Crippen LogP contribution in [0.5, 0.6) is 0 Å². The maximum Gasteiger partial charge on any atom is 4.00 e. The molecule has 0 aliphatic carbocycles. The van der Waals surface area contributed by atoms with E-state index >= 15 is 0 Å². The second kappa shape index (κ2) is 28.3. The maximum absolute atomic E-state index is 10.8. The molecule has 0 spiro atoms. The molecule has 0 N–H and O–H groups in total. The van der Waals surface area contributed by atoms with Crippen molar-refractivity contribution in [3.63, 3.8) is 0 Å². The smallest absolute Gasteiger partial charge is 0.550 e. The van der Waals surface area contributed by atoms with Crippen molar-refractivity contribution in [1.82, 2.24) is 0 Å². The number of carboxylic acid groups (broad SMARTS) is 4. The summed E-state index contributed by atoms with van der Waals surface area (Å²) in [5.74, 6) is -1.39. The third-order valence-electron chi connectivity index (χ3n) is 10.2. The zero-order valence-electron chi connectivity index (χ0n) is 34.6. The molecule has 0 aliphatic heterocycles. The van der Waals surface area contributed by atoms with Crippen LogP contribution in [0.15, 0.2) is 0 Å². The van der Waals surface area contributed by atoms with Gasteiger partial charge in [0.25, 0.3) is 0 Å². The van der Waals surface area contributed by atoms with E-state index in [0.29, 0.717) is 49.4 Å². The Kier molecular flexibility index (Phi) is 32.9. The topological polar surface area (TPSA) is 161 Å². The van der Waals surface area contributed by atoms with Crippen LogP contribution < -0.4 is 20.4 Å². The molecule has 0 rings (SSSR count). The van der Waals surface area contributed by atoms with Gasteiger partial charge in [-0.3, -0.25) is 0 Å². The summed E-state index contributed by atoms with van der Waals surface area (Å²) >= 11 is 0. The van der Waals surface area contributed by atoms with Gasteiger partial charge < -0.3 is 39.6 Å². The zero-order valence-corrected chi connectivity index (χ0v) is 37.4. The molecule has 0 aliphatic rings. The predicted octanol–water partition coefficient (Wildman–Crippen LogP) is 5.97. The van der Waals surface area contributed by atoms with E-state index in [4.69, 9.17) is 0 Å². The van der Waals surface area contributed by atoms with Crippen LogP contribution in [0.3, 0.4) is 0 Å². The molecule has 49 heavy (non-hydrogen) atoms. The molecular formula is C40H76O8Sn. The van der Waals surface area contributed by atoms with E-state index in [0.717, 1.165) is 51.4 Å². The van der Waals surface area contributed by atoms with Crippen LogP contribution in [0, 0.1) is 45.3 Å². The largest absolute Gasteiger partial charge is 4.00 e. The molecule has 288 valence electrons. The van der Waals surface area contributed by atoms with Gasteiger partial charge in [0.1, 0.15) is 0 Å². The molecule has 0 fully saturated rings. The Morgan fingerprint density at radius 3 is 0.571 bits per heavy atom. The van der Waals surface area contributed by atoms with Crippen molar-refractivity contribution in [3.8, 4) is 0 Å². The van der Waals surface area contributed by atoms with Gasteiger partial charge in [0.05, 0.1) is 0 Å². The first kappa shape index (κ1) is 57.0. The third-order valence-corrected chi connectivity index (χ3v) is 10.2. The van der Waals surface area contributed by atoms with Gasteiger partial charge in [-0.1, -0.05) is 136 Å². The molecule has 0 saturated heterocycles. The van der Waals surface area contributed by atoms with E-state index in [1.54, 1.807) is 27.7 Å². The maximum atomic E-state index is 10.8. The zero-order chi connectivity index (χ0) is 39.1. The molecule has 0 bridgehead atoms. The van der Waals surface area contributed by atoms with Gasteiger partial charge in [-0.15, -0.1) is 0 Å². The minimum atomic E-state index is -0.911. The predicted molar refractivity (Wildman–Crippen MR) is 196 cm³/mol. The summed E-state index contributed by atoms with van der Waals surface area (Å²) in [6.07, 6.45) is 9.35. The fourth-order valence-electron chi connectivity index (χ4n) is 4.12. The summed E-state index contributed by atoms with van der Waals surface area (Å²) < 4.78 is 0. The van der Waals surface area contributed by atoms with Crippen LogP contribution in [0.2, 0.25) is 0 Å². The van der Waals surface area contributed by atoms with Gasteiger partial charge in [-0.25, -0.2) is 0 Å². The SMILES string of the molecule is CCC(C)(CCC(C)C)C(=O)[O-].CCC(C)(CCC(C)C)C(=O)[O-].CCC(C)(CCC(C)C)C(=O)[O-].CCC(C)(CCC(C)C)C(=O)[O-].[Sn+4]. The van der Waals surface area contributed by atoms with E-state index in [9.17, 15) is 39.6 Å². The number of hydrogen-bond donors (Lipinski definition) is 0. The van der Waals surface area contributed by atoms with E-state index < -0.39 is 45.5 Å². The summed E-state index contributed by atoms with van der Waals surface area (Å²) in [4.78, 5) is 43.0. The number of aliphatic carboxylic acids is 4. The molecule has 0 aromatic rings. The van der Waals surface area contributed by atoms with Crippen molar-refractivity contribution in [2.75, 3.05) is 0 Å². The Morgan fingerprint density at radius 2 is 0.510 bits per heavy atom. The van der Waals surface area contributed by atoms with Crippen LogP contribution in [0.4, 0.5) is 0 Å². The molecule has 8 nitrogen and oxygen atoms in total. The molecule has 9 heteroatoms. The summed E-state index contributed by atoms with van der Waals surface area (Å²) in [6.45, 7) is 31.5. The van der Waals surface area contributed by atoms with Gasteiger partial charge in [0, 0.05) is 45.5 Å². The van der Waals surface area contributed by atoms with E-state index in [1.807, 2.05) is 27.7 Å². The second-order valence-electron chi connectivity index (χ2n) is 16.5. The average Bonchev–Trinajstić information content (AvgIpc) is 3.00. The monoisotopic (exact) mass is 804 g/mol. The Bertz CT molecular complexity index is 759. The molecule has 0 saturated carbocycles. The Hall–Kier alpha value is -1.32. The average molecular weight is 804 g/mol. The van der Waals surface area contributed by atoms with Crippen LogP contribution in [0.25, 0.3) is 0 Å². The first-order valence-corrected chi connectivity index (χ1v) is 18.5. The molecular weight excluding hydrogens is 727 g/mol. The second-order valence-corrected chi connectivity index (χ2v) is 16.5. The van der Waals surface area contributed by atoms with Crippen molar-refractivity contribution < 1.29 is 39.6 Å². The van der Waals surface area contributed by atoms with Gasteiger partial charge in [-0.05, 0) is 75.0 Å². The summed E-state index contributed by atoms with van der Waals surface area (Å²) in [7, 11) is 0. The number of rotatable bonds is 20. The van der Waals surface area contributed by atoms with E-state index in [2.05, 4.69) is 55.4 Å². The quantitative estimate of drug-likeness (QED) is 0.136. The molecule has 4 atom stereocenters. The fourth-order valence-corrected chi connectivity index (χ4v) is 4.12. The summed E-state index contributed by atoms with van der Waals surface area (Å²) in [5.41, 5.74) is -2.48. The minimum absolute atomic E-state index is 0. The van der Waals surface area contributed by atoms with Crippen LogP contribution in [-0.2, 0) is 19.2 Å². The van der Waals surface area contributed by atoms with Gasteiger partial charge >= 0.3 is 23.9 Å². The van der Waals surface area contributed by atoms with Crippen molar-refractivity contribution in [2.24, 2.45) is 45.3 Å². The molecule has 0 amide bonds. The first-order valence-electron chi connectivity index (χ1n) is 18.5. The standard InChI is InChI=1S/4C10H20O2.Sn/c4*1-5-10(4,9(11)12)7-6-8(2)3;/h4*8H,5-7H2,1-4H3,(H,11,12);/q;;;;+4/p-4. The normalized spacial score (nSPS) is 15.8. The summed E-state index contributed by atoms with van der Waals surface area (Å²) in [6, 6.07) is 0. The van der Waals surface area contributed by atoms with Gasteiger partial charge in [0.2, 0.25) is 0 Å². The molecule has 0 aromatic heterocycles. The third kappa shape index (κ3) is 27.1. The summed E-state index contributed by atoms with van der Waals surface area (Å²) in [5, 5.41) is 43.0. The Morgan fingerprint density at radius 1 is 0.388 bits per heavy atom. The molecule has 4 unspecified atom stereocenters. The van der Waals surface area contributed by atoms with Crippen molar-refractivity contribution in [1.29, 1.82) is 0 Å². The number of carboxylic acids is 4. The van der Waals surface area contributed by atoms with Gasteiger partial charge in [0.15, 0.2) is 0 Å². The number of hydrogen-bond acceptors (Lipinski definition) is 8. The molecule has 0 heterocycles. The van der Waals surface area contributed by atoms with E-state index in [1.165, 1.54) is 0 Å². The van der Waals surface area contributed by atoms with Crippen molar-refractivity contribution in [3.05, 3.63) is 0 Å². The van der Waals surface area contributed by atoms with Gasteiger partial charge in [-0.2, -0.15) is 0 Å². The van der Waals surface area contributed by atoms with Crippen LogP contribution >= 0.6 is 0 Å². The minimum Gasteiger partial charge on any atom is -0.550 e.